The molecule has 16 heavy (non-hydrogen) atoms. The van der Waals surface area contributed by atoms with Gasteiger partial charge in [0, 0.05) is 18.0 Å². The van der Waals surface area contributed by atoms with Crippen LogP contribution in [0.3, 0.4) is 0 Å². The van der Waals surface area contributed by atoms with Crippen molar-refractivity contribution in [2.24, 2.45) is 0 Å². The molecule has 2 heteroatoms. The molecule has 1 aromatic carbocycles. The summed E-state index contributed by atoms with van der Waals surface area (Å²) in [6, 6.07) is 8.51. The molecule has 0 fully saturated rings. The van der Waals surface area contributed by atoms with Gasteiger partial charge in [0.15, 0.2) is 0 Å². The topological polar surface area (TPSA) is 12.0 Å². The van der Waals surface area contributed by atoms with Crippen molar-refractivity contribution in [3.05, 3.63) is 35.4 Å². The third-order valence-electron chi connectivity index (χ3n) is 3.39. The number of hydrogen-bond acceptors (Lipinski definition) is 1. The van der Waals surface area contributed by atoms with Crippen LogP contribution in [-0.4, -0.2) is 11.4 Å². The molecule has 0 aliphatic carbocycles. The first-order valence-electron chi connectivity index (χ1n) is 5.97. The Kier molecular flexibility index (Phi) is 5.30. The standard InChI is InChI=1S/C14H22ClN/c1-4-14(3,9-10-15)16-11-13-8-6-5-7-12(13)2/h5-8,16H,4,9-11H2,1-3H3. The van der Waals surface area contributed by atoms with Gasteiger partial charge < -0.3 is 5.32 Å². The van der Waals surface area contributed by atoms with Crippen molar-refractivity contribution in [3.63, 3.8) is 0 Å². The number of hydrogen-bond donors (Lipinski definition) is 1. The van der Waals surface area contributed by atoms with Crippen molar-refractivity contribution in [1.82, 2.24) is 5.32 Å². The molecule has 1 atom stereocenters. The molecule has 0 radical (unpaired) electrons. The maximum Gasteiger partial charge on any atom is 0.0240 e. The molecule has 90 valence electrons. The lowest BCUT2D eigenvalue weighted by molar-refractivity contribution is 0.331. The molecule has 0 aromatic heterocycles. The highest BCUT2D eigenvalue weighted by Crippen LogP contribution is 2.17. The number of halogens is 1. The van der Waals surface area contributed by atoms with Crippen LogP contribution in [0.25, 0.3) is 0 Å². The fourth-order valence-electron chi connectivity index (χ4n) is 1.72. The zero-order valence-corrected chi connectivity index (χ0v) is 11.3. The van der Waals surface area contributed by atoms with E-state index in [2.05, 4.69) is 50.4 Å². The fourth-order valence-corrected chi connectivity index (χ4v) is 2.13. The second-order valence-corrected chi connectivity index (χ2v) is 5.01. The Morgan fingerprint density at radius 1 is 1.31 bits per heavy atom. The van der Waals surface area contributed by atoms with Gasteiger partial charge in [0.05, 0.1) is 0 Å². The molecular weight excluding hydrogens is 218 g/mol. The molecule has 0 bridgehead atoms. The van der Waals surface area contributed by atoms with Gasteiger partial charge >= 0.3 is 0 Å². The molecule has 0 spiro atoms. The normalized spacial score (nSPS) is 14.8. The Balaban J connectivity index is 2.59. The van der Waals surface area contributed by atoms with Gasteiger partial charge in [-0.15, -0.1) is 11.6 Å². The molecule has 0 saturated heterocycles. The molecule has 0 heterocycles. The summed E-state index contributed by atoms with van der Waals surface area (Å²) in [5.41, 5.74) is 2.88. The molecule has 1 nitrogen and oxygen atoms in total. The molecule has 1 N–H and O–H groups in total. The minimum Gasteiger partial charge on any atom is -0.307 e. The van der Waals surface area contributed by atoms with E-state index in [1.165, 1.54) is 11.1 Å². The third kappa shape index (κ3) is 3.80. The van der Waals surface area contributed by atoms with E-state index in [0.29, 0.717) is 5.88 Å². The van der Waals surface area contributed by atoms with E-state index in [4.69, 9.17) is 11.6 Å². The van der Waals surface area contributed by atoms with Gasteiger partial charge in [-0.25, -0.2) is 0 Å². The highest BCUT2D eigenvalue weighted by molar-refractivity contribution is 6.17. The largest absolute Gasteiger partial charge is 0.307 e. The van der Waals surface area contributed by atoms with Gasteiger partial charge in [0.25, 0.3) is 0 Å². The molecule has 1 aromatic rings. The average Bonchev–Trinajstić information content (AvgIpc) is 2.28. The maximum atomic E-state index is 5.84. The molecular formula is C14H22ClN. The smallest absolute Gasteiger partial charge is 0.0240 e. The van der Waals surface area contributed by atoms with E-state index in [0.717, 1.165) is 19.4 Å². The summed E-state index contributed by atoms with van der Waals surface area (Å²) in [4.78, 5) is 0. The lowest BCUT2D eigenvalue weighted by Crippen LogP contribution is -2.41. The quantitative estimate of drug-likeness (QED) is 0.743. The zero-order valence-electron chi connectivity index (χ0n) is 10.5. The first-order chi connectivity index (χ1) is 7.61. The van der Waals surface area contributed by atoms with Gasteiger partial charge in [0.2, 0.25) is 0 Å². The van der Waals surface area contributed by atoms with Crippen LogP contribution in [0.2, 0.25) is 0 Å². The molecule has 0 aliphatic rings. The van der Waals surface area contributed by atoms with Crippen LogP contribution in [-0.2, 0) is 6.54 Å². The number of aryl methyl sites for hydroxylation is 1. The summed E-state index contributed by atoms with van der Waals surface area (Å²) in [6.07, 6.45) is 2.11. The number of alkyl halides is 1. The van der Waals surface area contributed by atoms with Crippen LogP contribution in [0.5, 0.6) is 0 Å². The minimum atomic E-state index is 0.157. The van der Waals surface area contributed by atoms with Crippen molar-refractivity contribution in [2.45, 2.75) is 45.7 Å². The zero-order chi connectivity index (χ0) is 12.0. The lowest BCUT2D eigenvalue weighted by Gasteiger charge is -2.29. The highest BCUT2D eigenvalue weighted by Gasteiger charge is 2.20. The highest BCUT2D eigenvalue weighted by atomic mass is 35.5. The SMILES string of the molecule is CCC(C)(CCCl)NCc1ccccc1C. The van der Waals surface area contributed by atoms with Gasteiger partial charge in [-0.05, 0) is 37.8 Å². The van der Waals surface area contributed by atoms with Crippen LogP contribution in [0.15, 0.2) is 24.3 Å². The van der Waals surface area contributed by atoms with Crippen molar-refractivity contribution < 1.29 is 0 Å². The third-order valence-corrected chi connectivity index (χ3v) is 3.58. The first kappa shape index (κ1) is 13.5. The van der Waals surface area contributed by atoms with Crippen LogP contribution in [0.4, 0.5) is 0 Å². The summed E-state index contributed by atoms with van der Waals surface area (Å²) in [7, 11) is 0. The second kappa shape index (κ2) is 6.27. The number of rotatable bonds is 6. The van der Waals surface area contributed by atoms with Crippen molar-refractivity contribution in [3.8, 4) is 0 Å². The molecule has 1 unspecified atom stereocenters. The second-order valence-electron chi connectivity index (χ2n) is 4.63. The monoisotopic (exact) mass is 239 g/mol. The van der Waals surface area contributed by atoms with Crippen LogP contribution in [0.1, 0.15) is 37.8 Å². The van der Waals surface area contributed by atoms with E-state index in [1.54, 1.807) is 0 Å². The average molecular weight is 240 g/mol. The van der Waals surface area contributed by atoms with Crippen molar-refractivity contribution >= 4 is 11.6 Å². The van der Waals surface area contributed by atoms with Crippen molar-refractivity contribution in [1.29, 1.82) is 0 Å². The van der Waals surface area contributed by atoms with Gasteiger partial charge in [-0.3, -0.25) is 0 Å². The van der Waals surface area contributed by atoms with Crippen molar-refractivity contribution in [2.75, 3.05) is 5.88 Å². The Labute approximate surface area is 104 Å². The van der Waals surface area contributed by atoms with Gasteiger partial charge in [0.1, 0.15) is 0 Å². The van der Waals surface area contributed by atoms with Crippen LogP contribution >= 0.6 is 11.6 Å². The Bertz CT molecular complexity index is 324. The molecule has 1 rings (SSSR count). The number of benzene rings is 1. The Morgan fingerprint density at radius 3 is 2.56 bits per heavy atom. The molecule has 0 saturated carbocycles. The summed E-state index contributed by atoms with van der Waals surface area (Å²) >= 11 is 5.84. The Hall–Kier alpha value is -0.530. The predicted molar refractivity (Wildman–Crippen MR) is 72.1 cm³/mol. The summed E-state index contributed by atoms with van der Waals surface area (Å²) in [5, 5.41) is 3.62. The summed E-state index contributed by atoms with van der Waals surface area (Å²) in [5.74, 6) is 0.713. The number of nitrogens with one attached hydrogen (secondary N) is 1. The molecule has 0 aliphatic heterocycles. The lowest BCUT2D eigenvalue weighted by atomic mass is 9.95. The van der Waals surface area contributed by atoms with E-state index in [-0.39, 0.29) is 5.54 Å². The summed E-state index contributed by atoms with van der Waals surface area (Å²) in [6.45, 7) is 7.53. The van der Waals surface area contributed by atoms with E-state index >= 15 is 0 Å². The van der Waals surface area contributed by atoms with E-state index in [1.807, 2.05) is 0 Å². The van der Waals surface area contributed by atoms with E-state index in [9.17, 15) is 0 Å². The van der Waals surface area contributed by atoms with Gasteiger partial charge in [-0.1, -0.05) is 31.2 Å². The Morgan fingerprint density at radius 2 is 2.00 bits per heavy atom. The molecule has 0 amide bonds. The van der Waals surface area contributed by atoms with Crippen LogP contribution < -0.4 is 5.32 Å². The van der Waals surface area contributed by atoms with Crippen LogP contribution in [0, 0.1) is 6.92 Å². The predicted octanol–water partition coefficient (Wildman–Crippen LogP) is 3.88. The fraction of sp³-hybridized carbons (Fsp3) is 0.571. The maximum absolute atomic E-state index is 5.84. The summed E-state index contributed by atoms with van der Waals surface area (Å²) < 4.78 is 0. The van der Waals surface area contributed by atoms with E-state index < -0.39 is 0 Å². The van der Waals surface area contributed by atoms with Gasteiger partial charge in [-0.2, -0.15) is 0 Å². The first-order valence-corrected chi connectivity index (χ1v) is 6.50. The minimum absolute atomic E-state index is 0.157.